The lowest BCUT2D eigenvalue weighted by Crippen LogP contribution is -2.13. The van der Waals surface area contributed by atoms with Crippen molar-refractivity contribution >= 4 is 54.7 Å². The normalized spacial score (nSPS) is 10.6. The van der Waals surface area contributed by atoms with Crippen LogP contribution >= 0.6 is 11.3 Å². The number of anilines is 2. The van der Waals surface area contributed by atoms with Crippen molar-refractivity contribution in [3.05, 3.63) is 70.9 Å². The van der Waals surface area contributed by atoms with Gasteiger partial charge < -0.3 is 10.6 Å². The molecular formula is C21H18N2O3S. The van der Waals surface area contributed by atoms with Gasteiger partial charge in [-0.1, -0.05) is 13.2 Å². The van der Waals surface area contributed by atoms with Gasteiger partial charge in [0.15, 0.2) is 5.43 Å². The Balaban J connectivity index is 2.10. The largest absolute Gasteiger partial charge is 0.322 e. The van der Waals surface area contributed by atoms with Crippen LogP contribution in [0.3, 0.4) is 0 Å². The first-order valence-electron chi connectivity index (χ1n) is 8.20. The van der Waals surface area contributed by atoms with Crippen LogP contribution in [0.1, 0.15) is 13.8 Å². The Kier molecular flexibility index (Phi) is 4.92. The van der Waals surface area contributed by atoms with Crippen molar-refractivity contribution in [1.29, 1.82) is 0 Å². The highest BCUT2D eigenvalue weighted by molar-refractivity contribution is 7.24. The lowest BCUT2D eigenvalue weighted by Gasteiger charge is -2.08. The van der Waals surface area contributed by atoms with Gasteiger partial charge in [0.05, 0.1) is 0 Å². The van der Waals surface area contributed by atoms with Gasteiger partial charge in [-0.2, -0.15) is 0 Å². The minimum atomic E-state index is -0.295. The quantitative estimate of drug-likeness (QED) is 0.520. The van der Waals surface area contributed by atoms with Crippen LogP contribution < -0.4 is 16.1 Å². The number of rotatable bonds is 4. The third-order valence-corrected chi connectivity index (χ3v) is 5.11. The number of amides is 2. The van der Waals surface area contributed by atoms with Gasteiger partial charge in [0, 0.05) is 42.7 Å². The number of fused-ring (bicyclic) bond motifs is 2. The van der Waals surface area contributed by atoms with Gasteiger partial charge in [-0.25, -0.2) is 0 Å². The van der Waals surface area contributed by atoms with E-state index in [9.17, 15) is 14.4 Å². The highest BCUT2D eigenvalue weighted by Crippen LogP contribution is 2.28. The summed E-state index contributed by atoms with van der Waals surface area (Å²) >= 11 is 1.47. The van der Waals surface area contributed by atoms with Gasteiger partial charge in [0.25, 0.3) is 11.8 Å². The first-order chi connectivity index (χ1) is 12.8. The highest BCUT2D eigenvalue weighted by Gasteiger charge is 2.10. The molecule has 0 saturated heterocycles. The smallest absolute Gasteiger partial charge is 0.250 e. The number of benzene rings is 2. The Morgan fingerprint density at radius 2 is 1.22 bits per heavy atom. The molecule has 6 heteroatoms. The van der Waals surface area contributed by atoms with Crippen molar-refractivity contribution in [2.24, 2.45) is 0 Å². The molecule has 2 amide bonds. The van der Waals surface area contributed by atoms with Crippen LogP contribution in [0.25, 0.3) is 20.2 Å². The van der Waals surface area contributed by atoms with E-state index in [1.54, 1.807) is 38.1 Å². The molecule has 0 saturated carbocycles. The Bertz CT molecular complexity index is 1100. The lowest BCUT2D eigenvalue weighted by molar-refractivity contribution is -0.113. The molecule has 0 radical (unpaired) electrons. The molecule has 0 spiro atoms. The summed E-state index contributed by atoms with van der Waals surface area (Å²) in [6.45, 7) is 10.4. The second-order valence-electron chi connectivity index (χ2n) is 6.32. The summed E-state index contributed by atoms with van der Waals surface area (Å²) in [5.74, 6) is -0.591. The zero-order chi connectivity index (χ0) is 19.7. The van der Waals surface area contributed by atoms with E-state index in [0.717, 1.165) is 9.40 Å². The Hall–Kier alpha value is -3.25. The van der Waals surface area contributed by atoms with E-state index in [1.807, 2.05) is 12.1 Å². The van der Waals surface area contributed by atoms with E-state index in [2.05, 4.69) is 23.8 Å². The molecule has 136 valence electrons. The van der Waals surface area contributed by atoms with E-state index in [1.165, 1.54) is 11.3 Å². The number of hydrogen-bond acceptors (Lipinski definition) is 4. The predicted molar refractivity (Wildman–Crippen MR) is 112 cm³/mol. The van der Waals surface area contributed by atoms with Gasteiger partial charge in [-0.3, -0.25) is 14.4 Å². The summed E-state index contributed by atoms with van der Waals surface area (Å²) in [5, 5.41) is 6.46. The van der Waals surface area contributed by atoms with Gasteiger partial charge in [-0.05, 0) is 50.2 Å². The van der Waals surface area contributed by atoms with Gasteiger partial charge in [-0.15, -0.1) is 11.3 Å². The molecule has 0 aliphatic carbocycles. The summed E-state index contributed by atoms with van der Waals surface area (Å²) in [6.07, 6.45) is 0. The zero-order valence-electron chi connectivity index (χ0n) is 15.0. The van der Waals surface area contributed by atoms with Crippen LogP contribution in [-0.2, 0) is 9.59 Å². The average Bonchev–Trinajstić information content (AvgIpc) is 2.62. The van der Waals surface area contributed by atoms with Crippen molar-refractivity contribution in [2.45, 2.75) is 13.8 Å². The predicted octanol–water partition coefficient (Wildman–Crippen LogP) is 4.44. The molecule has 5 nitrogen and oxygen atoms in total. The van der Waals surface area contributed by atoms with Crippen LogP contribution in [-0.4, -0.2) is 11.8 Å². The van der Waals surface area contributed by atoms with Crippen molar-refractivity contribution in [3.63, 3.8) is 0 Å². The fourth-order valence-corrected chi connectivity index (χ4v) is 3.52. The molecule has 2 aromatic carbocycles. The summed E-state index contributed by atoms with van der Waals surface area (Å²) < 4.78 is 1.64. The molecule has 1 aromatic heterocycles. The fraction of sp³-hybridized carbons (Fsp3) is 0.0952. The minimum absolute atomic E-state index is 0.156. The molecule has 0 fully saturated rings. The van der Waals surface area contributed by atoms with E-state index in [0.29, 0.717) is 33.3 Å². The van der Waals surface area contributed by atoms with Crippen LogP contribution in [0.4, 0.5) is 11.4 Å². The van der Waals surface area contributed by atoms with Gasteiger partial charge in [0.1, 0.15) is 0 Å². The molecule has 0 bridgehead atoms. The Morgan fingerprint density at radius 3 is 1.59 bits per heavy atom. The van der Waals surface area contributed by atoms with E-state index < -0.39 is 0 Å². The molecular weight excluding hydrogens is 360 g/mol. The van der Waals surface area contributed by atoms with Crippen LogP contribution in [0.2, 0.25) is 0 Å². The standard InChI is InChI=1S/C21H18N2O3S/c1-11(2)20(25)22-13-5-7-17-15(9-13)19(24)16-10-14(6-8-18(16)27-17)23-21(26)12(3)4/h5-10H,1,3H2,2,4H3,(H,22,25)(H,23,26). The van der Waals surface area contributed by atoms with Crippen molar-refractivity contribution < 1.29 is 9.59 Å². The summed E-state index contributed by atoms with van der Waals surface area (Å²) in [5.41, 5.74) is 1.68. The average molecular weight is 378 g/mol. The lowest BCUT2D eigenvalue weighted by atomic mass is 10.1. The maximum atomic E-state index is 13.0. The van der Waals surface area contributed by atoms with Crippen molar-refractivity contribution in [2.75, 3.05) is 10.6 Å². The SMILES string of the molecule is C=C(C)C(=O)Nc1ccc2sc3ccc(NC(=O)C(=C)C)cc3c(=O)c2c1. The van der Waals surface area contributed by atoms with Crippen LogP contribution in [0.5, 0.6) is 0 Å². The highest BCUT2D eigenvalue weighted by atomic mass is 32.1. The van der Waals surface area contributed by atoms with Crippen LogP contribution in [0.15, 0.2) is 65.5 Å². The molecule has 0 aliphatic heterocycles. The second-order valence-corrected chi connectivity index (χ2v) is 7.41. The summed E-state index contributed by atoms with van der Waals surface area (Å²) in [6, 6.07) is 10.5. The van der Waals surface area contributed by atoms with Crippen molar-refractivity contribution in [1.82, 2.24) is 0 Å². The summed E-state index contributed by atoms with van der Waals surface area (Å²) in [7, 11) is 0. The number of hydrogen-bond donors (Lipinski definition) is 2. The maximum absolute atomic E-state index is 13.0. The Labute approximate surface area is 160 Å². The van der Waals surface area contributed by atoms with E-state index in [-0.39, 0.29) is 17.2 Å². The molecule has 3 aromatic rings. The Morgan fingerprint density at radius 1 is 0.815 bits per heavy atom. The van der Waals surface area contributed by atoms with E-state index >= 15 is 0 Å². The molecule has 1 heterocycles. The first kappa shape index (κ1) is 18.5. The topological polar surface area (TPSA) is 75.3 Å². The summed E-state index contributed by atoms with van der Waals surface area (Å²) in [4.78, 5) is 36.6. The monoisotopic (exact) mass is 378 g/mol. The molecule has 0 atom stereocenters. The number of nitrogens with one attached hydrogen (secondary N) is 2. The minimum Gasteiger partial charge on any atom is -0.322 e. The molecule has 27 heavy (non-hydrogen) atoms. The molecule has 3 rings (SSSR count). The maximum Gasteiger partial charge on any atom is 0.250 e. The molecule has 0 unspecified atom stereocenters. The van der Waals surface area contributed by atoms with E-state index in [4.69, 9.17) is 0 Å². The third-order valence-electron chi connectivity index (χ3n) is 3.96. The fourth-order valence-electron chi connectivity index (χ4n) is 2.49. The first-order valence-corrected chi connectivity index (χ1v) is 9.02. The van der Waals surface area contributed by atoms with Gasteiger partial charge in [0.2, 0.25) is 0 Å². The van der Waals surface area contributed by atoms with Crippen molar-refractivity contribution in [3.8, 4) is 0 Å². The second kappa shape index (κ2) is 7.17. The van der Waals surface area contributed by atoms with Crippen LogP contribution in [0, 0.1) is 0 Å². The zero-order valence-corrected chi connectivity index (χ0v) is 15.8. The third kappa shape index (κ3) is 3.80. The molecule has 0 aliphatic rings. The number of carbonyl (C=O) groups is 2. The van der Waals surface area contributed by atoms with Gasteiger partial charge >= 0.3 is 0 Å². The molecule has 2 N–H and O–H groups in total. The number of carbonyl (C=O) groups excluding carboxylic acids is 2.